The van der Waals surface area contributed by atoms with Gasteiger partial charge in [-0.25, -0.2) is 4.98 Å². The quantitative estimate of drug-likeness (QED) is 0.848. The van der Waals surface area contributed by atoms with Gasteiger partial charge < -0.3 is 14.8 Å². The summed E-state index contributed by atoms with van der Waals surface area (Å²) in [5, 5.41) is 3.52. The predicted molar refractivity (Wildman–Crippen MR) is 83.1 cm³/mol. The molecule has 5 nitrogen and oxygen atoms in total. The van der Waals surface area contributed by atoms with Crippen LogP contribution in [0.1, 0.15) is 18.9 Å². The number of methoxy groups -OCH3 is 1. The van der Waals surface area contributed by atoms with Gasteiger partial charge in [-0.05, 0) is 24.1 Å². The molecule has 2 rings (SSSR count). The Balaban J connectivity index is 2.03. The van der Waals surface area contributed by atoms with E-state index in [1.54, 1.807) is 13.3 Å². The van der Waals surface area contributed by atoms with Gasteiger partial charge in [-0.15, -0.1) is 0 Å². The summed E-state index contributed by atoms with van der Waals surface area (Å²) in [4.78, 5) is 8.10. The molecule has 0 bridgehead atoms. The Bertz CT molecular complexity index is 593. The van der Waals surface area contributed by atoms with Gasteiger partial charge in [0.05, 0.1) is 26.1 Å². The number of nitrogens with zero attached hydrogens (tertiary/aromatic N) is 2. The smallest absolute Gasteiger partial charge is 0.161 e. The number of rotatable bonds is 7. The first kappa shape index (κ1) is 15.4. The Morgan fingerprint density at radius 3 is 2.81 bits per heavy atom. The second-order valence-corrected chi connectivity index (χ2v) is 4.80. The van der Waals surface area contributed by atoms with Crippen LogP contribution in [0.4, 0.5) is 5.82 Å². The number of halogens is 1. The van der Waals surface area contributed by atoms with Crippen molar-refractivity contribution < 1.29 is 9.47 Å². The monoisotopic (exact) mass is 307 g/mol. The zero-order valence-corrected chi connectivity index (χ0v) is 12.9. The molecular weight excluding hydrogens is 290 g/mol. The van der Waals surface area contributed by atoms with Crippen LogP contribution in [-0.2, 0) is 6.54 Å². The molecule has 1 heterocycles. The molecule has 0 aliphatic rings. The van der Waals surface area contributed by atoms with Gasteiger partial charge in [0.15, 0.2) is 11.5 Å². The molecule has 1 aromatic heterocycles. The minimum atomic E-state index is 0.362. The normalized spacial score (nSPS) is 10.2. The van der Waals surface area contributed by atoms with E-state index in [-0.39, 0.29) is 0 Å². The van der Waals surface area contributed by atoms with Crippen LogP contribution < -0.4 is 14.8 Å². The zero-order chi connectivity index (χ0) is 15.1. The van der Waals surface area contributed by atoms with Gasteiger partial charge in [-0.1, -0.05) is 24.6 Å². The lowest BCUT2D eigenvalue weighted by atomic mass is 10.2. The van der Waals surface area contributed by atoms with E-state index in [2.05, 4.69) is 22.2 Å². The van der Waals surface area contributed by atoms with Crippen LogP contribution in [0.25, 0.3) is 0 Å². The van der Waals surface area contributed by atoms with E-state index in [1.165, 1.54) is 6.20 Å². The van der Waals surface area contributed by atoms with E-state index in [9.17, 15) is 0 Å². The summed E-state index contributed by atoms with van der Waals surface area (Å²) < 4.78 is 11.0. The van der Waals surface area contributed by atoms with Gasteiger partial charge in [0, 0.05) is 6.54 Å². The lowest BCUT2D eigenvalue weighted by molar-refractivity contribution is 0.294. The van der Waals surface area contributed by atoms with Gasteiger partial charge in [0.25, 0.3) is 0 Å². The van der Waals surface area contributed by atoms with Crippen molar-refractivity contribution in [1.82, 2.24) is 9.97 Å². The highest BCUT2D eigenvalue weighted by atomic mass is 35.5. The van der Waals surface area contributed by atoms with Gasteiger partial charge in [0.1, 0.15) is 11.0 Å². The molecule has 0 unspecified atom stereocenters. The summed E-state index contributed by atoms with van der Waals surface area (Å²) in [5.74, 6) is 2.11. The molecule has 0 atom stereocenters. The highest BCUT2D eigenvalue weighted by Crippen LogP contribution is 2.28. The van der Waals surface area contributed by atoms with Crippen molar-refractivity contribution >= 4 is 17.4 Å². The van der Waals surface area contributed by atoms with E-state index < -0.39 is 0 Å². The number of anilines is 1. The molecule has 0 fully saturated rings. The minimum Gasteiger partial charge on any atom is -0.493 e. The fourth-order valence-electron chi connectivity index (χ4n) is 1.77. The number of nitrogens with one attached hydrogen (secondary N) is 1. The summed E-state index contributed by atoms with van der Waals surface area (Å²) in [5.41, 5.74) is 1.05. The molecule has 0 radical (unpaired) electrons. The number of hydrogen-bond acceptors (Lipinski definition) is 5. The fraction of sp³-hybridized carbons (Fsp3) is 0.333. The lowest BCUT2D eigenvalue weighted by Crippen LogP contribution is -2.03. The topological polar surface area (TPSA) is 56.3 Å². The van der Waals surface area contributed by atoms with Gasteiger partial charge in [-0.3, -0.25) is 4.98 Å². The average Bonchev–Trinajstić information content (AvgIpc) is 2.51. The molecule has 0 aliphatic carbocycles. The van der Waals surface area contributed by atoms with Crippen LogP contribution in [0.5, 0.6) is 11.5 Å². The molecule has 6 heteroatoms. The lowest BCUT2D eigenvalue weighted by Gasteiger charge is -2.12. The van der Waals surface area contributed by atoms with Gasteiger partial charge >= 0.3 is 0 Å². The first-order valence-corrected chi connectivity index (χ1v) is 7.12. The van der Waals surface area contributed by atoms with Crippen LogP contribution in [0, 0.1) is 0 Å². The van der Waals surface area contributed by atoms with Crippen LogP contribution in [-0.4, -0.2) is 23.7 Å². The first-order valence-electron chi connectivity index (χ1n) is 6.74. The summed E-state index contributed by atoms with van der Waals surface area (Å²) in [6.45, 7) is 3.34. The molecule has 21 heavy (non-hydrogen) atoms. The Kier molecular flexibility index (Phi) is 5.63. The Hall–Kier alpha value is -2.01. The highest BCUT2D eigenvalue weighted by Gasteiger charge is 2.06. The van der Waals surface area contributed by atoms with Crippen LogP contribution >= 0.6 is 11.6 Å². The van der Waals surface area contributed by atoms with Gasteiger partial charge in [0.2, 0.25) is 0 Å². The molecule has 0 saturated carbocycles. The van der Waals surface area contributed by atoms with E-state index >= 15 is 0 Å². The standard InChI is InChI=1S/C15H18ClN3O2/c1-3-6-21-12-5-4-11(7-13(12)20-2)8-18-15-10-17-9-14(16)19-15/h4-5,7,9-10H,3,6,8H2,1-2H3,(H,18,19). The minimum absolute atomic E-state index is 0.362. The second kappa shape index (κ2) is 7.69. The van der Waals surface area contributed by atoms with E-state index in [1.807, 2.05) is 18.2 Å². The summed E-state index contributed by atoms with van der Waals surface area (Å²) in [7, 11) is 1.63. The Labute approximate surface area is 129 Å². The van der Waals surface area contributed by atoms with E-state index in [0.29, 0.717) is 24.1 Å². The third-order valence-electron chi connectivity index (χ3n) is 2.77. The maximum atomic E-state index is 5.79. The molecule has 0 spiro atoms. The third kappa shape index (κ3) is 4.49. The molecule has 0 aliphatic heterocycles. The fourth-order valence-corrected chi connectivity index (χ4v) is 1.92. The second-order valence-electron chi connectivity index (χ2n) is 4.41. The van der Waals surface area contributed by atoms with Crippen molar-refractivity contribution in [2.24, 2.45) is 0 Å². The summed E-state index contributed by atoms with van der Waals surface area (Å²) in [6, 6.07) is 5.84. The molecule has 2 aromatic rings. The van der Waals surface area contributed by atoms with E-state index in [4.69, 9.17) is 21.1 Å². The Morgan fingerprint density at radius 1 is 1.24 bits per heavy atom. The zero-order valence-electron chi connectivity index (χ0n) is 12.1. The predicted octanol–water partition coefficient (Wildman–Crippen LogP) is 3.54. The van der Waals surface area contributed by atoms with Crippen LogP contribution in [0.3, 0.4) is 0 Å². The van der Waals surface area contributed by atoms with Crippen LogP contribution in [0.15, 0.2) is 30.6 Å². The average molecular weight is 308 g/mol. The van der Waals surface area contributed by atoms with Crippen LogP contribution in [0.2, 0.25) is 5.15 Å². The summed E-state index contributed by atoms with van der Waals surface area (Å²) >= 11 is 5.79. The molecule has 112 valence electrons. The third-order valence-corrected chi connectivity index (χ3v) is 2.95. The molecule has 1 aromatic carbocycles. The number of ether oxygens (including phenoxy) is 2. The van der Waals surface area contributed by atoms with Crippen molar-refractivity contribution in [3.8, 4) is 11.5 Å². The maximum absolute atomic E-state index is 5.79. The SMILES string of the molecule is CCCOc1ccc(CNc2cncc(Cl)n2)cc1OC. The summed E-state index contributed by atoms with van der Waals surface area (Å²) in [6.07, 6.45) is 4.08. The number of benzene rings is 1. The highest BCUT2D eigenvalue weighted by molar-refractivity contribution is 6.29. The van der Waals surface area contributed by atoms with Crippen molar-refractivity contribution in [2.45, 2.75) is 19.9 Å². The first-order chi connectivity index (χ1) is 10.2. The van der Waals surface area contributed by atoms with Crippen molar-refractivity contribution in [1.29, 1.82) is 0 Å². The van der Waals surface area contributed by atoms with Gasteiger partial charge in [-0.2, -0.15) is 0 Å². The van der Waals surface area contributed by atoms with Crippen molar-refractivity contribution in [2.75, 3.05) is 19.0 Å². The molecular formula is C15H18ClN3O2. The Morgan fingerprint density at radius 2 is 2.10 bits per heavy atom. The number of aromatic nitrogens is 2. The number of hydrogen-bond donors (Lipinski definition) is 1. The van der Waals surface area contributed by atoms with Crippen molar-refractivity contribution in [3.05, 3.63) is 41.3 Å². The van der Waals surface area contributed by atoms with Crippen molar-refractivity contribution in [3.63, 3.8) is 0 Å². The molecule has 1 N–H and O–H groups in total. The maximum Gasteiger partial charge on any atom is 0.161 e. The molecule has 0 saturated heterocycles. The largest absolute Gasteiger partial charge is 0.493 e. The molecule has 0 amide bonds. The van der Waals surface area contributed by atoms with E-state index in [0.717, 1.165) is 23.5 Å².